The van der Waals surface area contributed by atoms with E-state index in [1.807, 2.05) is 44.2 Å². The van der Waals surface area contributed by atoms with Crippen LogP contribution in [0, 0.1) is 25.6 Å². The van der Waals surface area contributed by atoms with E-state index >= 15 is 0 Å². The van der Waals surface area contributed by atoms with E-state index < -0.39 is 10.0 Å². The van der Waals surface area contributed by atoms with Crippen molar-refractivity contribution in [2.24, 2.45) is 5.92 Å². The maximum atomic E-state index is 14.6. The minimum Gasteiger partial charge on any atom is -0.378 e. The second-order valence-corrected chi connectivity index (χ2v) is 10.3. The first-order valence-electron chi connectivity index (χ1n) is 10.8. The number of halogens is 1. The number of nitrogens with one attached hydrogen (secondary N) is 2. The molecule has 1 aliphatic carbocycles. The molecule has 3 atom stereocenters. The van der Waals surface area contributed by atoms with Crippen molar-refractivity contribution in [3.63, 3.8) is 0 Å². The highest BCUT2D eigenvalue weighted by atomic mass is 32.2. The summed E-state index contributed by atoms with van der Waals surface area (Å²) in [7, 11) is -3.75. The number of fused-ring (bicyclic) bond motifs is 3. The fourth-order valence-corrected chi connectivity index (χ4v) is 6.18. The summed E-state index contributed by atoms with van der Waals surface area (Å²) in [6.45, 7) is 3.77. The number of sulfonamides is 1. The van der Waals surface area contributed by atoms with Crippen LogP contribution in [-0.2, 0) is 10.0 Å². The third-order valence-electron chi connectivity index (χ3n) is 6.60. The smallest absolute Gasteiger partial charge is 0.261 e. The lowest BCUT2D eigenvalue weighted by molar-refractivity contribution is 0.413. The molecule has 6 heteroatoms. The molecule has 0 radical (unpaired) electrons. The molecule has 3 aromatic carbocycles. The van der Waals surface area contributed by atoms with Gasteiger partial charge in [-0.25, -0.2) is 12.8 Å². The van der Waals surface area contributed by atoms with Crippen LogP contribution in [0.5, 0.6) is 0 Å². The number of benzene rings is 3. The van der Waals surface area contributed by atoms with Crippen LogP contribution in [0.15, 0.2) is 77.7 Å². The lowest BCUT2D eigenvalue weighted by Crippen LogP contribution is -2.30. The van der Waals surface area contributed by atoms with Crippen LogP contribution in [0.1, 0.15) is 40.6 Å². The number of aryl methyl sites for hydroxylation is 2. The summed E-state index contributed by atoms with van der Waals surface area (Å²) in [6, 6.07) is 17.5. The highest BCUT2D eigenvalue weighted by molar-refractivity contribution is 7.92. The van der Waals surface area contributed by atoms with Gasteiger partial charge in [0.2, 0.25) is 0 Å². The predicted octanol–water partition coefficient (Wildman–Crippen LogP) is 6.07. The Morgan fingerprint density at radius 1 is 0.969 bits per heavy atom. The zero-order valence-electron chi connectivity index (χ0n) is 18.0. The average Bonchev–Trinajstić information content (AvgIpc) is 3.26. The van der Waals surface area contributed by atoms with E-state index in [2.05, 4.69) is 22.2 Å². The number of hydrogen-bond donors (Lipinski definition) is 2. The Hall–Kier alpha value is -3.12. The monoisotopic (exact) mass is 448 g/mol. The molecule has 4 nitrogen and oxygen atoms in total. The van der Waals surface area contributed by atoms with Crippen molar-refractivity contribution in [3.05, 3.63) is 101 Å². The zero-order chi connectivity index (χ0) is 22.5. The number of para-hydroxylation sites is 1. The van der Waals surface area contributed by atoms with Gasteiger partial charge in [0.1, 0.15) is 5.82 Å². The minimum absolute atomic E-state index is 0.0335. The van der Waals surface area contributed by atoms with Crippen molar-refractivity contribution < 1.29 is 12.8 Å². The first-order chi connectivity index (χ1) is 15.3. The van der Waals surface area contributed by atoms with Crippen molar-refractivity contribution >= 4 is 21.4 Å². The van der Waals surface area contributed by atoms with Crippen molar-refractivity contribution in [2.45, 2.75) is 37.1 Å². The highest BCUT2D eigenvalue weighted by Gasteiger charge is 2.39. The molecule has 3 aromatic rings. The second kappa shape index (κ2) is 7.78. The van der Waals surface area contributed by atoms with E-state index in [4.69, 9.17) is 0 Å². The fourth-order valence-electron chi connectivity index (χ4n) is 4.94. The molecule has 1 aliphatic heterocycles. The Balaban J connectivity index is 1.52. The number of allylic oxidation sites excluding steroid dienone is 2. The second-order valence-electron chi connectivity index (χ2n) is 8.62. The summed E-state index contributed by atoms with van der Waals surface area (Å²) in [5.41, 5.74) is 4.78. The van der Waals surface area contributed by atoms with Gasteiger partial charge in [0.25, 0.3) is 10.0 Å². The zero-order valence-corrected chi connectivity index (χ0v) is 18.8. The summed E-state index contributed by atoms with van der Waals surface area (Å²) >= 11 is 0. The van der Waals surface area contributed by atoms with Crippen LogP contribution in [0.2, 0.25) is 0 Å². The lowest BCUT2D eigenvalue weighted by atomic mass is 9.77. The molecule has 2 aliphatic rings. The third-order valence-corrected chi connectivity index (χ3v) is 7.95. The van der Waals surface area contributed by atoms with Crippen molar-refractivity contribution in [1.29, 1.82) is 0 Å². The molecule has 164 valence electrons. The molecule has 0 fully saturated rings. The summed E-state index contributed by atoms with van der Waals surface area (Å²) in [6.07, 6.45) is 5.04. The van der Waals surface area contributed by atoms with Gasteiger partial charge in [0, 0.05) is 17.2 Å². The first kappa shape index (κ1) is 20.8. The van der Waals surface area contributed by atoms with E-state index in [0.717, 1.165) is 28.8 Å². The highest BCUT2D eigenvalue weighted by Crippen LogP contribution is 2.50. The largest absolute Gasteiger partial charge is 0.378 e. The first-order valence-corrected chi connectivity index (χ1v) is 12.2. The Kier molecular flexibility index (Phi) is 5.05. The van der Waals surface area contributed by atoms with Gasteiger partial charge in [-0.3, -0.25) is 4.72 Å². The Labute approximate surface area is 188 Å². The number of rotatable bonds is 4. The van der Waals surface area contributed by atoms with E-state index in [1.54, 1.807) is 24.3 Å². The van der Waals surface area contributed by atoms with E-state index in [-0.39, 0.29) is 28.6 Å². The molecule has 0 amide bonds. The third kappa shape index (κ3) is 3.48. The predicted molar refractivity (Wildman–Crippen MR) is 126 cm³/mol. The molecule has 32 heavy (non-hydrogen) atoms. The molecule has 1 heterocycles. The molecule has 0 unspecified atom stereocenters. The van der Waals surface area contributed by atoms with Gasteiger partial charge >= 0.3 is 0 Å². The fraction of sp³-hybridized carbons (Fsp3) is 0.231. The summed E-state index contributed by atoms with van der Waals surface area (Å²) in [5.74, 6) is -0.0637. The Bertz CT molecular complexity index is 1310. The molecular formula is C26H25FN2O2S. The Morgan fingerprint density at radius 2 is 1.72 bits per heavy atom. The Morgan fingerprint density at radius 3 is 2.47 bits per heavy atom. The van der Waals surface area contributed by atoms with Crippen LogP contribution in [0.3, 0.4) is 0 Å². The van der Waals surface area contributed by atoms with Crippen LogP contribution >= 0.6 is 0 Å². The molecule has 2 N–H and O–H groups in total. The summed E-state index contributed by atoms with van der Waals surface area (Å²) in [4.78, 5) is 0.226. The van der Waals surface area contributed by atoms with E-state index in [9.17, 15) is 12.8 Å². The number of hydrogen-bond acceptors (Lipinski definition) is 3. The number of anilines is 2. The van der Waals surface area contributed by atoms with Crippen molar-refractivity contribution in [3.8, 4) is 0 Å². The van der Waals surface area contributed by atoms with Crippen molar-refractivity contribution in [1.82, 2.24) is 0 Å². The van der Waals surface area contributed by atoms with Crippen LogP contribution in [-0.4, -0.2) is 8.42 Å². The van der Waals surface area contributed by atoms with Crippen LogP contribution < -0.4 is 10.0 Å². The lowest BCUT2D eigenvalue weighted by Gasteiger charge is -2.37. The minimum atomic E-state index is -3.75. The summed E-state index contributed by atoms with van der Waals surface area (Å²) < 4.78 is 43.7. The van der Waals surface area contributed by atoms with Crippen LogP contribution in [0.4, 0.5) is 15.8 Å². The maximum Gasteiger partial charge on any atom is 0.261 e. The standard InChI is InChI=1S/C26H25FN2O2S/c1-16-7-5-8-17(2)25(16)29-32(30,31)18-13-14-24-22(15-18)19-10-6-11-20(19)26(28-24)21-9-3-4-12-23(21)27/h3-10,12-15,19-20,26,28-29H,11H2,1-2H3/t19-,20+,26-/m1/s1. The van der Waals surface area contributed by atoms with Gasteiger partial charge in [-0.15, -0.1) is 0 Å². The average molecular weight is 449 g/mol. The van der Waals surface area contributed by atoms with Gasteiger partial charge in [0.05, 0.1) is 16.6 Å². The quantitative estimate of drug-likeness (QED) is 0.476. The molecule has 0 spiro atoms. The molecule has 5 rings (SSSR count). The topological polar surface area (TPSA) is 58.2 Å². The van der Waals surface area contributed by atoms with Crippen LogP contribution in [0.25, 0.3) is 0 Å². The van der Waals surface area contributed by atoms with E-state index in [0.29, 0.717) is 11.3 Å². The van der Waals surface area contributed by atoms with E-state index in [1.165, 1.54) is 6.07 Å². The maximum absolute atomic E-state index is 14.6. The summed E-state index contributed by atoms with van der Waals surface area (Å²) in [5, 5.41) is 3.48. The molecule has 0 saturated heterocycles. The van der Waals surface area contributed by atoms with Gasteiger partial charge in [0.15, 0.2) is 0 Å². The van der Waals surface area contributed by atoms with Gasteiger partial charge in [-0.2, -0.15) is 0 Å². The normalized spacial score (nSPS) is 21.5. The van der Waals surface area contributed by atoms with Crippen molar-refractivity contribution in [2.75, 3.05) is 10.0 Å². The SMILES string of the molecule is Cc1cccc(C)c1NS(=O)(=O)c1ccc2c(c1)[C@@H]1C=CC[C@@H]1[C@H](c1ccccc1F)N2. The van der Waals surface area contributed by atoms with Gasteiger partial charge in [-0.1, -0.05) is 48.6 Å². The molecular weight excluding hydrogens is 423 g/mol. The van der Waals surface area contributed by atoms with Gasteiger partial charge < -0.3 is 5.32 Å². The molecule has 0 saturated carbocycles. The molecule has 0 bridgehead atoms. The molecule has 0 aromatic heterocycles. The van der Waals surface area contributed by atoms with Gasteiger partial charge in [-0.05, 0) is 67.1 Å².